The van der Waals surface area contributed by atoms with Crippen molar-refractivity contribution in [3.8, 4) is 5.75 Å². The van der Waals surface area contributed by atoms with Crippen LogP contribution in [0.1, 0.15) is 31.7 Å². The summed E-state index contributed by atoms with van der Waals surface area (Å²) in [7, 11) is 0. The number of nitrogens with zero attached hydrogens (tertiary/aromatic N) is 2. The summed E-state index contributed by atoms with van der Waals surface area (Å²) in [6.07, 6.45) is 1.61. The Kier molecular flexibility index (Phi) is 7.36. The van der Waals surface area contributed by atoms with Crippen LogP contribution in [0.15, 0.2) is 42.6 Å². The minimum absolute atomic E-state index is 0.149. The highest BCUT2D eigenvalue weighted by atomic mass is 19.4. The van der Waals surface area contributed by atoms with Crippen LogP contribution in [-0.4, -0.2) is 27.8 Å². The van der Waals surface area contributed by atoms with Crippen LogP contribution in [0.3, 0.4) is 0 Å². The van der Waals surface area contributed by atoms with Gasteiger partial charge in [-0.05, 0) is 43.5 Å². The van der Waals surface area contributed by atoms with Gasteiger partial charge in [-0.1, -0.05) is 12.1 Å². The van der Waals surface area contributed by atoms with E-state index < -0.39 is 12.3 Å². The first-order chi connectivity index (χ1) is 13.2. The summed E-state index contributed by atoms with van der Waals surface area (Å²) in [6, 6.07) is 6.92. The summed E-state index contributed by atoms with van der Waals surface area (Å²) in [5, 5.41) is 6.77. The molecule has 0 radical (unpaired) electrons. The Labute approximate surface area is 160 Å². The molecule has 0 spiro atoms. The molecule has 0 fully saturated rings. The van der Waals surface area contributed by atoms with Crippen molar-refractivity contribution in [2.45, 2.75) is 39.1 Å². The number of ether oxygens (including phenoxy) is 1. The van der Waals surface area contributed by atoms with E-state index in [0.29, 0.717) is 24.3 Å². The SMILES string of the molecule is CC(=O)CCCCn1ccc(NC(=O)/C=C/c2cccc(OC(F)(F)F)c2)n1. The van der Waals surface area contributed by atoms with Crippen molar-refractivity contribution in [2.24, 2.45) is 0 Å². The van der Waals surface area contributed by atoms with E-state index in [0.717, 1.165) is 12.8 Å². The van der Waals surface area contributed by atoms with Crippen LogP contribution in [0.2, 0.25) is 0 Å². The lowest BCUT2D eigenvalue weighted by molar-refractivity contribution is -0.274. The van der Waals surface area contributed by atoms with Gasteiger partial charge < -0.3 is 14.8 Å². The number of aryl methyl sites for hydroxylation is 1. The van der Waals surface area contributed by atoms with E-state index in [1.54, 1.807) is 29.9 Å². The highest BCUT2D eigenvalue weighted by molar-refractivity contribution is 6.01. The number of hydrogen-bond donors (Lipinski definition) is 1. The van der Waals surface area contributed by atoms with E-state index in [-0.39, 0.29) is 11.5 Å². The van der Waals surface area contributed by atoms with Crippen molar-refractivity contribution >= 4 is 23.6 Å². The first kappa shape index (κ1) is 21.2. The van der Waals surface area contributed by atoms with Crippen molar-refractivity contribution in [3.05, 3.63) is 48.2 Å². The monoisotopic (exact) mass is 395 g/mol. The summed E-state index contributed by atoms with van der Waals surface area (Å²) >= 11 is 0. The minimum Gasteiger partial charge on any atom is -0.406 e. The number of halogens is 3. The lowest BCUT2D eigenvalue weighted by Gasteiger charge is -2.08. The molecule has 1 aromatic carbocycles. The average Bonchev–Trinajstić information content (AvgIpc) is 3.03. The fourth-order valence-corrected chi connectivity index (χ4v) is 2.36. The lowest BCUT2D eigenvalue weighted by atomic mass is 10.2. The van der Waals surface area contributed by atoms with Gasteiger partial charge >= 0.3 is 6.36 Å². The highest BCUT2D eigenvalue weighted by Crippen LogP contribution is 2.23. The van der Waals surface area contributed by atoms with E-state index in [2.05, 4.69) is 15.2 Å². The number of carbonyl (C=O) groups is 2. The van der Waals surface area contributed by atoms with E-state index in [4.69, 9.17) is 0 Å². The summed E-state index contributed by atoms with van der Waals surface area (Å²) in [5.41, 5.74) is 0.382. The zero-order valence-corrected chi connectivity index (χ0v) is 15.2. The molecule has 0 saturated heterocycles. The molecule has 150 valence electrons. The Balaban J connectivity index is 1.85. The van der Waals surface area contributed by atoms with E-state index in [1.807, 2.05) is 0 Å². The maximum absolute atomic E-state index is 12.2. The zero-order valence-electron chi connectivity index (χ0n) is 15.2. The molecule has 1 amide bonds. The van der Waals surface area contributed by atoms with E-state index in [1.165, 1.54) is 30.4 Å². The molecule has 1 heterocycles. The number of alkyl halides is 3. The molecular formula is C19H20F3N3O3. The van der Waals surface area contributed by atoms with Gasteiger partial charge in [-0.25, -0.2) is 0 Å². The van der Waals surface area contributed by atoms with E-state index in [9.17, 15) is 22.8 Å². The van der Waals surface area contributed by atoms with Crippen molar-refractivity contribution in [3.63, 3.8) is 0 Å². The lowest BCUT2D eigenvalue weighted by Crippen LogP contribution is -2.17. The number of benzene rings is 1. The van der Waals surface area contributed by atoms with Gasteiger partial charge in [-0.15, -0.1) is 13.2 Å². The number of carbonyl (C=O) groups excluding carboxylic acids is 2. The molecule has 1 N–H and O–H groups in total. The van der Waals surface area contributed by atoms with Gasteiger partial charge in [0, 0.05) is 31.3 Å². The van der Waals surface area contributed by atoms with Gasteiger partial charge in [0.1, 0.15) is 11.5 Å². The number of Topliss-reactive ketones (excluding diaryl/α,β-unsaturated/α-hetero) is 1. The number of nitrogens with one attached hydrogen (secondary N) is 1. The molecule has 0 aliphatic heterocycles. The number of anilines is 1. The third kappa shape index (κ3) is 8.07. The number of amides is 1. The first-order valence-electron chi connectivity index (χ1n) is 8.59. The van der Waals surface area contributed by atoms with Gasteiger partial charge in [-0.2, -0.15) is 5.10 Å². The molecule has 0 bridgehead atoms. The van der Waals surface area contributed by atoms with Crippen LogP contribution in [0.4, 0.5) is 19.0 Å². The fraction of sp³-hybridized carbons (Fsp3) is 0.316. The molecule has 9 heteroatoms. The smallest absolute Gasteiger partial charge is 0.406 e. The van der Waals surface area contributed by atoms with Gasteiger partial charge in [0.25, 0.3) is 0 Å². The number of rotatable bonds is 9. The second kappa shape index (κ2) is 9.72. The number of hydrogen-bond acceptors (Lipinski definition) is 4. The first-order valence-corrected chi connectivity index (χ1v) is 8.59. The van der Waals surface area contributed by atoms with Crippen LogP contribution < -0.4 is 10.1 Å². The van der Waals surface area contributed by atoms with Gasteiger partial charge in [-0.3, -0.25) is 9.48 Å². The third-order valence-corrected chi connectivity index (χ3v) is 3.58. The Morgan fingerprint density at radius 1 is 1.25 bits per heavy atom. The highest BCUT2D eigenvalue weighted by Gasteiger charge is 2.31. The molecule has 2 aromatic rings. The van der Waals surface area contributed by atoms with Crippen molar-refractivity contribution in [2.75, 3.05) is 5.32 Å². The second-order valence-electron chi connectivity index (χ2n) is 6.07. The average molecular weight is 395 g/mol. The minimum atomic E-state index is -4.77. The standard InChI is InChI=1S/C19H20F3N3O3/c1-14(26)5-2-3-11-25-12-10-17(24-25)23-18(27)9-8-15-6-4-7-16(13-15)28-19(20,21)22/h4,6-10,12-13H,2-3,5,11H2,1H3,(H,23,24,27)/b9-8+. The Bertz CT molecular complexity index is 844. The van der Waals surface area contributed by atoms with Gasteiger partial charge in [0.15, 0.2) is 5.82 Å². The molecule has 0 aliphatic rings. The van der Waals surface area contributed by atoms with Crippen molar-refractivity contribution in [1.82, 2.24) is 9.78 Å². The van der Waals surface area contributed by atoms with Crippen LogP contribution in [-0.2, 0) is 16.1 Å². The third-order valence-electron chi connectivity index (χ3n) is 3.58. The molecule has 0 aliphatic carbocycles. The molecule has 0 atom stereocenters. The predicted molar refractivity (Wildman–Crippen MR) is 97.5 cm³/mol. The van der Waals surface area contributed by atoms with Crippen LogP contribution in [0, 0.1) is 0 Å². The fourth-order valence-electron chi connectivity index (χ4n) is 2.36. The maximum Gasteiger partial charge on any atom is 0.573 e. The largest absolute Gasteiger partial charge is 0.573 e. The topological polar surface area (TPSA) is 73.2 Å². The number of aromatic nitrogens is 2. The van der Waals surface area contributed by atoms with Crippen LogP contribution in [0.5, 0.6) is 5.75 Å². The Morgan fingerprint density at radius 2 is 2.04 bits per heavy atom. The quantitative estimate of drug-likeness (QED) is 0.510. The summed E-state index contributed by atoms with van der Waals surface area (Å²) in [5.74, 6) is -0.325. The molecule has 6 nitrogen and oxygen atoms in total. The van der Waals surface area contributed by atoms with Crippen molar-refractivity contribution in [1.29, 1.82) is 0 Å². The molecule has 28 heavy (non-hydrogen) atoms. The molecule has 0 unspecified atom stereocenters. The summed E-state index contributed by atoms with van der Waals surface area (Å²) in [4.78, 5) is 22.8. The molecule has 2 rings (SSSR count). The van der Waals surface area contributed by atoms with E-state index >= 15 is 0 Å². The maximum atomic E-state index is 12.2. The molecule has 1 aromatic heterocycles. The summed E-state index contributed by atoms with van der Waals surface area (Å²) < 4.78 is 42.2. The number of unbranched alkanes of at least 4 members (excludes halogenated alkanes) is 1. The zero-order chi connectivity index (χ0) is 20.6. The molecular weight excluding hydrogens is 375 g/mol. The van der Waals surface area contributed by atoms with Crippen molar-refractivity contribution < 1.29 is 27.5 Å². The second-order valence-corrected chi connectivity index (χ2v) is 6.07. The van der Waals surface area contributed by atoms with Crippen LogP contribution in [0.25, 0.3) is 6.08 Å². The predicted octanol–water partition coefficient (Wildman–Crippen LogP) is 4.19. The van der Waals surface area contributed by atoms with Gasteiger partial charge in [0.05, 0.1) is 0 Å². The Hall–Kier alpha value is -3.10. The normalized spacial score (nSPS) is 11.6. The summed E-state index contributed by atoms with van der Waals surface area (Å²) in [6.45, 7) is 2.18. The Morgan fingerprint density at radius 3 is 2.75 bits per heavy atom. The molecule has 0 saturated carbocycles. The number of ketones is 1. The van der Waals surface area contributed by atoms with Crippen LogP contribution >= 0.6 is 0 Å². The van der Waals surface area contributed by atoms with Gasteiger partial charge in [0.2, 0.25) is 5.91 Å².